The summed E-state index contributed by atoms with van der Waals surface area (Å²) < 4.78 is 50.7. The maximum Gasteiger partial charge on any atom is 0.416 e. The van der Waals surface area contributed by atoms with Crippen molar-refractivity contribution in [3.63, 3.8) is 0 Å². The van der Waals surface area contributed by atoms with Crippen molar-refractivity contribution < 1.29 is 27.4 Å². The van der Waals surface area contributed by atoms with E-state index in [0.717, 1.165) is 12.1 Å². The number of alkyl halides is 3. The zero-order valence-corrected chi connectivity index (χ0v) is 18.9. The molecule has 2 N–H and O–H groups in total. The number of hydrogen-bond donors (Lipinski definition) is 2. The summed E-state index contributed by atoms with van der Waals surface area (Å²) in [5.74, 6) is 1.59. The Morgan fingerprint density at radius 1 is 1.06 bits per heavy atom. The van der Waals surface area contributed by atoms with Gasteiger partial charge < -0.3 is 14.8 Å². The number of fused-ring (bicyclic) bond motifs is 1. The molecule has 0 aliphatic carbocycles. The van der Waals surface area contributed by atoms with Gasteiger partial charge in [0.05, 0.1) is 18.2 Å². The largest absolute Gasteiger partial charge is 0.497 e. The van der Waals surface area contributed by atoms with Gasteiger partial charge in [-0.2, -0.15) is 13.2 Å². The number of carbonyl (C=O) groups is 1. The highest BCUT2D eigenvalue weighted by Crippen LogP contribution is 2.33. The fourth-order valence-electron chi connectivity index (χ4n) is 3.12. The van der Waals surface area contributed by atoms with Crippen molar-refractivity contribution in [2.24, 2.45) is 0 Å². The summed E-state index contributed by atoms with van der Waals surface area (Å²) in [6.07, 6.45) is -5.43. The highest BCUT2D eigenvalue weighted by molar-refractivity contribution is 5.90. The number of carbonyl (C=O) groups excluding carboxylic acids is 1. The molecule has 0 aliphatic rings. The molecule has 10 heteroatoms. The van der Waals surface area contributed by atoms with E-state index in [2.05, 4.69) is 20.6 Å². The van der Waals surface area contributed by atoms with Crippen LogP contribution in [0.5, 0.6) is 5.75 Å². The van der Waals surface area contributed by atoms with Gasteiger partial charge in [-0.25, -0.2) is 14.8 Å². The Hall–Kier alpha value is -3.56. The van der Waals surface area contributed by atoms with Gasteiger partial charge in [-0.05, 0) is 63.6 Å². The van der Waals surface area contributed by atoms with Crippen LogP contribution in [0.1, 0.15) is 37.7 Å². The third-order valence-electron chi connectivity index (χ3n) is 4.44. The minimum atomic E-state index is -4.59. The molecule has 1 aromatic heterocycles. The van der Waals surface area contributed by atoms with E-state index in [4.69, 9.17) is 9.47 Å². The SMILES string of the molecule is COc1ccc2c(NCc3cc(NC(=O)OC(C)(C)C)cc(C(F)(F)F)c3)nc(C)nc2c1. The van der Waals surface area contributed by atoms with Crippen molar-refractivity contribution in [3.8, 4) is 5.75 Å². The van der Waals surface area contributed by atoms with Crippen LogP contribution in [0.3, 0.4) is 0 Å². The maximum absolute atomic E-state index is 13.5. The summed E-state index contributed by atoms with van der Waals surface area (Å²) in [5, 5.41) is 6.14. The van der Waals surface area contributed by atoms with E-state index in [1.165, 1.54) is 6.07 Å². The number of nitrogens with zero attached hydrogens (tertiary/aromatic N) is 2. The van der Waals surface area contributed by atoms with Crippen LogP contribution in [0, 0.1) is 6.92 Å². The molecule has 7 nitrogen and oxygen atoms in total. The standard InChI is InChI=1S/C23H25F3N4O3/c1-13-28-19-11-17(32-5)6-7-18(19)20(29-13)27-12-14-8-15(23(24,25)26)10-16(9-14)30-21(31)33-22(2,3)4/h6-11H,12H2,1-5H3,(H,30,31)(H,27,28,29). The minimum absolute atomic E-state index is 0.0238. The number of ether oxygens (including phenoxy) is 2. The minimum Gasteiger partial charge on any atom is -0.497 e. The number of nitrogens with one attached hydrogen (secondary N) is 2. The predicted octanol–water partition coefficient (Wildman–Crippen LogP) is 5.92. The fraction of sp³-hybridized carbons (Fsp3) is 0.348. The Bertz CT molecular complexity index is 1170. The number of rotatable bonds is 5. The zero-order chi connectivity index (χ0) is 24.4. The number of hydrogen-bond acceptors (Lipinski definition) is 6. The molecule has 33 heavy (non-hydrogen) atoms. The Kier molecular flexibility index (Phi) is 6.66. The van der Waals surface area contributed by atoms with Gasteiger partial charge in [-0.3, -0.25) is 5.32 Å². The second-order valence-electron chi connectivity index (χ2n) is 8.40. The molecule has 2 aromatic carbocycles. The van der Waals surface area contributed by atoms with Gasteiger partial charge in [-0.1, -0.05) is 0 Å². The zero-order valence-electron chi connectivity index (χ0n) is 18.9. The Morgan fingerprint density at radius 3 is 2.42 bits per heavy atom. The Labute approximate surface area is 189 Å². The summed E-state index contributed by atoms with van der Waals surface area (Å²) in [5.41, 5.74) is -0.759. The Morgan fingerprint density at radius 2 is 1.79 bits per heavy atom. The lowest BCUT2D eigenvalue weighted by molar-refractivity contribution is -0.137. The first-order chi connectivity index (χ1) is 15.3. The number of aryl methyl sites for hydroxylation is 1. The van der Waals surface area contributed by atoms with Crippen LogP contribution in [0.2, 0.25) is 0 Å². The first-order valence-corrected chi connectivity index (χ1v) is 10.1. The first-order valence-electron chi connectivity index (χ1n) is 10.1. The number of anilines is 2. The van der Waals surface area contributed by atoms with E-state index < -0.39 is 23.4 Å². The molecule has 3 aromatic rings. The van der Waals surface area contributed by atoms with Crippen LogP contribution < -0.4 is 15.4 Å². The van der Waals surface area contributed by atoms with Gasteiger partial charge in [0.25, 0.3) is 0 Å². The molecule has 0 radical (unpaired) electrons. The molecule has 0 saturated carbocycles. The molecule has 176 valence electrons. The number of halogens is 3. The van der Waals surface area contributed by atoms with Gasteiger partial charge in [0, 0.05) is 23.7 Å². The number of amides is 1. The number of benzene rings is 2. The fourth-order valence-corrected chi connectivity index (χ4v) is 3.12. The third-order valence-corrected chi connectivity index (χ3v) is 4.44. The van der Waals surface area contributed by atoms with Crippen molar-refractivity contribution >= 4 is 28.5 Å². The summed E-state index contributed by atoms with van der Waals surface area (Å²) in [6, 6.07) is 8.61. The lowest BCUT2D eigenvalue weighted by Crippen LogP contribution is -2.27. The Balaban J connectivity index is 1.89. The summed E-state index contributed by atoms with van der Waals surface area (Å²) in [4.78, 5) is 20.8. The van der Waals surface area contributed by atoms with Crippen LogP contribution >= 0.6 is 0 Å². The molecular formula is C23H25F3N4O3. The van der Waals surface area contributed by atoms with Gasteiger partial charge in [0.2, 0.25) is 0 Å². The molecule has 1 amide bonds. The quantitative estimate of drug-likeness (QED) is 0.489. The molecule has 3 rings (SSSR count). The third kappa shape index (κ3) is 6.47. The maximum atomic E-state index is 13.5. The molecule has 0 spiro atoms. The summed E-state index contributed by atoms with van der Waals surface area (Å²) in [7, 11) is 1.55. The average Bonchev–Trinajstić information content (AvgIpc) is 2.69. The highest BCUT2D eigenvalue weighted by atomic mass is 19.4. The summed E-state index contributed by atoms with van der Waals surface area (Å²) >= 11 is 0. The van der Waals surface area contributed by atoms with Crippen molar-refractivity contribution in [2.45, 2.75) is 46.0 Å². The van der Waals surface area contributed by atoms with Crippen molar-refractivity contribution in [1.82, 2.24) is 9.97 Å². The molecule has 0 aliphatic heterocycles. The van der Waals surface area contributed by atoms with Crippen LogP contribution in [0.25, 0.3) is 10.9 Å². The highest BCUT2D eigenvalue weighted by Gasteiger charge is 2.31. The van der Waals surface area contributed by atoms with E-state index >= 15 is 0 Å². The van der Waals surface area contributed by atoms with Gasteiger partial charge in [0.1, 0.15) is 23.0 Å². The second-order valence-corrected chi connectivity index (χ2v) is 8.40. The van der Waals surface area contributed by atoms with Crippen LogP contribution in [-0.4, -0.2) is 28.8 Å². The molecule has 0 atom stereocenters. The van der Waals surface area contributed by atoms with Crippen molar-refractivity contribution in [3.05, 3.63) is 53.3 Å². The number of methoxy groups -OCH3 is 1. The van der Waals surface area contributed by atoms with Gasteiger partial charge >= 0.3 is 12.3 Å². The lowest BCUT2D eigenvalue weighted by Gasteiger charge is -2.20. The van der Waals surface area contributed by atoms with E-state index in [1.54, 1.807) is 53.0 Å². The van der Waals surface area contributed by atoms with E-state index in [-0.39, 0.29) is 12.2 Å². The van der Waals surface area contributed by atoms with Crippen LogP contribution in [0.4, 0.5) is 29.5 Å². The normalized spacial score (nSPS) is 11.9. The number of aromatic nitrogens is 2. The molecule has 1 heterocycles. The molecule has 0 fully saturated rings. The topological polar surface area (TPSA) is 85.4 Å². The molecule has 0 unspecified atom stereocenters. The molecular weight excluding hydrogens is 437 g/mol. The summed E-state index contributed by atoms with van der Waals surface area (Å²) in [6.45, 7) is 6.74. The monoisotopic (exact) mass is 462 g/mol. The van der Waals surface area contributed by atoms with Crippen molar-refractivity contribution in [1.29, 1.82) is 0 Å². The van der Waals surface area contributed by atoms with Gasteiger partial charge in [0.15, 0.2) is 0 Å². The van der Waals surface area contributed by atoms with Crippen LogP contribution in [-0.2, 0) is 17.5 Å². The van der Waals surface area contributed by atoms with Crippen molar-refractivity contribution in [2.75, 3.05) is 17.7 Å². The smallest absolute Gasteiger partial charge is 0.416 e. The van der Waals surface area contributed by atoms with Crippen LogP contribution in [0.15, 0.2) is 36.4 Å². The predicted molar refractivity (Wildman–Crippen MR) is 119 cm³/mol. The molecule has 0 bridgehead atoms. The lowest BCUT2D eigenvalue weighted by atomic mass is 10.1. The second kappa shape index (κ2) is 9.13. The van der Waals surface area contributed by atoms with Gasteiger partial charge in [-0.15, -0.1) is 0 Å². The average molecular weight is 462 g/mol. The van der Waals surface area contributed by atoms with E-state index in [9.17, 15) is 18.0 Å². The van der Waals surface area contributed by atoms with E-state index in [1.807, 2.05) is 0 Å². The molecule has 0 saturated heterocycles. The first kappa shape index (κ1) is 24.1. The van der Waals surface area contributed by atoms with E-state index in [0.29, 0.717) is 33.9 Å².